The molecule has 1 atom stereocenters. The molecule has 1 saturated heterocycles. The van der Waals surface area contributed by atoms with Crippen LogP contribution in [-0.4, -0.2) is 19.2 Å². The Labute approximate surface area is 89.0 Å². The molecule has 15 heavy (non-hydrogen) atoms. The summed E-state index contributed by atoms with van der Waals surface area (Å²) >= 11 is 0. The molecule has 1 aliphatic heterocycles. The molecule has 0 unspecified atom stereocenters. The Bertz CT molecular complexity index is 347. The zero-order valence-electron chi connectivity index (χ0n) is 8.73. The van der Waals surface area contributed by atoms with Crippen molar-refractivity contribution in [3.05, 3.63) is 35.9 Å². The fourth-order valence-corrected chi connectivity index (χ4v) is 1.45. The monoisotopic (exact) mass is 206 g/mol. The van der Waals surface area contributed by atoms with Crippen LogP contribution in [0, 0.1) is 5.41 Å². The van der Waals surface area contributed by atoms with E-state index < -0.39 is 5.41 Å². The van der Waals surface area contributed by atoms with Gasteiger partial charge in [-0.15, -0.1) is 0 Å². The maximum absolute atomic E-state index is 11.1. The highest BCUT2D eigenvalue weighted by molar-refractivity contribution is 5.81. The minimum atomic E-state index is -0.422. The van der Waals surface area contributed by atoms with Crippen molar-refractivity contribution in [3.63, 3.8) is 0 Å². The number of hydrogen-bond donors (Lipinski definition) is 0. The second kappa shape index (κ2) is 4.03. The molecular weight excluding hydrogens is 192 g/mol. The zero-order valence-corrected chi connectivity index (χ0v) is 8.73. The van der Waals surface area contributed by atoms with E-state index >= 15 is 0 Å². The summed E-state index contributed by atoms with van der Waals surface area (Å²) < 4.78 is 10.2. The minimum absolute atomic E-state index is 0.157. The van der Waals surface area contributed by atoms with Gasteiger partial charge in [0, 0.05) is 0 Å². The van der Waals surface area contributed by atoms with E-state index in [-0.39, 0.29) is 5.97 Å². The van der Waals surface area contributed by atoms with Crippen molar-refractivity contribution in [1.29, 1.82) is 0 Å². The van der Waals surface area contributed by atoms with Gasteiger partial charge in [0.25, 0.3) is 0 Å². The predicted octanol–water partition coefficient (Wildman–Crippen LogP) is 1.77. The van der Waals surface area contributed by atoms with Gasteiger partial charge in [-0.05, 0) is 12.5 Å². The van der Waals surface area contributed by atoms with E-state index in [0.717, 1.165) is 5.56 Å². The molecule has 1 fully saturated rings. The minimum Gasteiger partial charge on any atom is -0.464 e. The number of esters is 1. The Balaban J connectivity index is 1.78. The van der Waals surface area contributed by atoms with Crippen LogP contribution in [0.3, 0.4) is 0 Å². The second-order valence-corrected chi connectivity index (χ2v) is 4.12. The van der Waals surface area contributed by atoms with E-state index in [2.05, 4.69) is 0 Å². The SMILES string of the molecule is C[C@@]1(COCc2ccccc2)COC1=O. The van der Waals surface area contributed by atoms with Crippen LogP contribution in [0.15, 0.2) is 30.3 Å². The fourth-order valence-electron chi connectivity index (χ4n) is 1.45. The first-order valence-corrected chi connectivity index (χ1v) is 5.00. The Morgan fingerprint density at radius 2 is 2.13 bits per heavy atom. The van der Waals surface area contributed by atoms with Crippen molar-refractivity contribution in [2.24, 2.45) is 5.41 Å². The summed E-state index contributed by atoms with van der Waals surface area (Å²) in [5.74, 6) is -0.157. The molecule has 2 rings (SSSR count). The lowest BCUT2D eigenvalue weighted by atomic mass is 9.89. The van der Waals surface area contributed by atoms with Gasteiger partial charge in [-0.1, -0.05) is 30.3 Å². The number of carbonyl (C=O) groups is 1. The molecule has 80 valence electrons. The molecule has 0 bridgehead atoms. The molecule has 3 heteroatoms. The Kier molecular flexibility index (Phi) is 2.73. The quantitative estimate of drug-likeness (QED) is 0.704. The van der Waals surface area contributed by atoms with Gasteiger partial charge in [0.1, 0.15) is 12.0 Å². The van der Waals surface area contributed by atoms with E-state index in [4.69, 9.17) is 9.47 Å². The van der Waals surface area contributed by atoms with Crippen LogP contribution in [-0.2, 0) is 20.9 Å². The highest BCUT2D eigenvalue weighted by Crippen LogP contribution is 2.28. The average Bonchev–Trinajstić information content (AvgIpc) is 2.28. The van der Waals surface area contributed by atoms with Crippen LogP contribution in [0.4, 0.5) is 0 Å². The molecule has 1 heterocycles. The van der Waals surface area contributed by atoms with Gasteiger partial charge in [0.05, 0.1) is 13.2 Å². The molecule has 0 radical (unpaired) electrons. The maximum atomic E-state index is 11.1. The summed E-state index contributed by atoms with van der Waals surface area (Å²) in [5, 5.41) is 0. The lowest BCUT2D eigenvalue weighted by Crippen LogP contribution is -2.48. The first kappa shape index (κ1) is 10.2. The van der Waals surface area contributed by atoms with Crippen LogP contribution in [0.1, 0.15) is 12.5 Å². The van der Waals surface area contributed by atoms with Crippen LogP contribution < -0.4 is 0 Å². The fraction of sp³-hybridized carbons (Fsp3) is 0.417. The third-order valence-electron chi connectivity index (χ3n) is 2.55. The number of hydrogen-bond acceptors (Lipinski definition) is 3. The molecule has 1 aromatic rings. The van der Waals surface area contributed by atoms with Gasteiger partial charge in [-0.25, -0.2) is 0 Å². The lowest BCUT2D eigenvalue weighted by Gasteiger charge is -2.35. The van der Waals surface area contributed by atoms with Crippen molar-refractivity contribution in [2.45, 2.75) is 13.5 Å². The summed E-state index contributed by atoms with van der Waals surface area (Å²) in [6, 6.07) is 9.91. The standard InChI is InChI=1S/C12H14O3/c1-12(9-15-11(12)13)8-14-7-10-5-3-2-4-6-10/h2-6H,7-9H2,1H3/t12-/m1/s1. The topological polar surface area (TPSA) is 35.5 Å². The van der Waals surface area contributed by atoms with E-state index in [1.165, 1.54) is 0 Å². The zero-order chi connectivity index (χ0) is 10.7. The summed E-state index contributed by atoms with van der Waals surface area (Å²) in [4.78, 5) is 11.1. The molecule has 3 nitrogen and oxygen atoms in total. The van der Waals surface area contributed by atoms with Crippen LogP contribution in [0.5, 0.6) is 0 Å². The molecular formula is C12H14O3. The summed E-state index contributed by atoms with van der Waals surface area (Å²) in [6.45, 7) is 3.31. The Hall–Kier alpha value is -1.35. The summed E-state index contributed by atoms with van der Waals surface area (Å²) in [5.41, 5.74) is 0.697. The second-order valence-electron chi connectivity index (χ2n) is 4.12. The number of benzene rings is 1. The van der Waals surface area contributed by atoms with Gasteiger partial charge in [-0.2, -0.15) is 0 Å². The van der Waals surface area contributed by atoms with Crippen molar-refractivity contribution in [2.75, 3.05) is 13.2 Å². The highest BCUT2D eigenvalue weighted by Gasteiger charge is 2.45. The number of ether oxygens (including phenoxy) is 2. The van der Waals surface area contributed by atoms with E-state index in [1.54, 1.807) is 0 Å². The third kappa shape index (κ3) is 2.18. The maximum Gasteiger partial charge on any atom is 0.317 e. The molecule has 0 aromatic heterocycles. The van der Waals surface area contributed by atoms with Crippen molar-refractivity contribution >= 4 is 5.97 Å². The number of carbonyl (C=O) groups excluding carboxylic acids is 1. The van der Waals surface area contributed by atoms with Crippen molar-refractivity contribution in [1.82, 2.24) is 0 Å². The van der Waals surface area contributed by atoms with Gasteiger partial charge in [0.2, 0.25) is 0 Å². The van der Waals surface area contributed by atoms with Crippen molar-refractivity contribution < 1.29 is 14.3 Å². The van der Waals surface area contributed by atoms with Gasteiger partial charge < -0.3 is 9.47 Å². The smallest absolute Gasteiger partial charge is 0.317 e. The molecule has 0 spiro atoms. The molecule has 0 amide bonds. The first-order chi connectivity index (χ1) is 7.21. The van der Waals surface area contributed by atoms with Crippen LogP contribution in [0.2, 0.25) is 0 Å². The normalized spacial score (nSPS) is 24.5. The lowest BCUT2D eigenvalue weighted by molar-refractivity contribution is -0.190. The number of rotatable bonds is 4. The summed E-state index contributed by atoms with van der Waals surface area (Å²) in [7, 11) is 0. The molecule has 0 N–H and O–H groups in total. The Morgan fingerprint density at radius 3 is 2.67 bits per heavy atom. The number of cyclic esters (lactones) is 1. The van der Waals surface area contributed by atoms with E-state index in [0.29, 0.717) is 19.8 Å². The van der Waals surface area contributed by atoms with Crippen LogP contribution in [0.25, 0.3) is 0 Å². The third-order valence-corrected chi connectivity index (χ3v) is 2.55. The Morgan fingerprint density at radius 1 is 1.40 bits per heavy atom. The molecule has 0 saturated carbocycles. The van der Waals surface area contributed by atoms with Gasteiger partial charge >= 0.3 is 5.97 Å². The average molecular weight is 206 g/mol. The van der Waals surface area contributed by atoms with Gasteiger partial charge in [0.15, 0.2) is 0 Å². The van der Waals surface area contributed by atoms with Crippen LogP contribution >= 0.6 is 0 Å². The predicted molar refractivity (Wildman–Crippen MR) is 55.2 cm³/mol. The molecule has 1 aromatic carbocycles. The molecule has 1 aliphatic rings. The van der Waals surface area contributed by atoms with Crippen molar-refractivity contribution in [3.8, 4) is 0 Å². The van der Waals surface area contributed by atoms with Gasteiger partial charge in [-0.3, -0.25) is 4.79 Å². The van der Waals surface area contributed by atoms with E-state index in [1.807, 2.05) is 37.3 Å². The summed E-state index contributed by atoms with van der Waals surface area (Å²) in [6.07, 6.45) is 0. The molecule has 0 aliphatic carbocycles. The first-order valence-electron chi connectivity index (χ1n) is 5.00. The van der Waals surface area contributed by atoms with E-state index in [9.17, 15) is 4.79 Å². The highest BCUT2D eigenvalue weighted by atomic mass is 16.6. The largest absolute Gasteiger partial charge is 0.464 e.